The van der Waals surface area contributed by atoms with Gasteiger partial charge >= 0.3 is 0 Å². The van der Waals surface area contributed by atoms with E-state index in [1.165, 1.54) is 11.1 Å². The first-order valence-corrected chi connectivity index (χ1v) is 11.2. The van der Waals surface area contributed by atoms with E-state index in [0.717, 1.165) is 53.5 Å². The van der Waals surface area contributed by atoms with E-state index in [1.54, 1.807) is 6.33 Å². The van der Waals surface area contributed by atoms with Crippen LogP contribution in [0.3, 0.4) is 0 Å². The van der Waals surface area contributed by atoms with Crippen molar-refractivity contribution in [3.63, 3.8) is 0 Å². The molecule has 2 aliphatic rings. The molecule has 6 rings (SSSR count). The van der Waals surface area contributed by atoms with Gasteiger partial charge in [-0.05, 0) is 72.9 Å². The second-order valence-electron chi connectivity index (χ2n) is 8.68. The van der Waals surface area contributed by atoms with Crippen molar-refractivity contribution in [3.05, 3.63) is 101 Å². The zero-order valence-electron chi connectivity index (χ0n) is 17.7. The molecule has 0 bridgehead atoms. The minimum atomic E-state index is 0.119. The van der Waals surface area contributed by atoms with Gasteiger partial charge in [0.2, 0.25) is 0 Å². The van der Waals surface area contributed by atoms with Crippen molar-refractivity contribution < 1.29 is 4.79 Å². The minimum absolute atomic E-state index is 0.119. The van der Waals surface area contributed by atoms with Crippen molar-refractivity contribution in [1.82, 2.24) is 14.9 Å². The summed E-state index contributed by atoms with van der Waals surface area (Å²) in [6.45, 7) is 0.815. The quantitative estimate of drug-likeness (QED) is 0.448. The number of benzene rings is 3. The Kier molecular flexibility index (Phi) is 4.54. The molecule has 0 radical (unpaired) electrons. The number of carbonyl (C=O) groups is 1. The highest BCUT2D eigenvalue weighted by atomic mass is 16.2. The van der Waals surface area contributed by atoms with E-state index >= 15 is 0 Å². The molecular weight excluding hydrogens is 394 g/mol. The Hall–Kier alpha value is -3.84. The topological polar surface area (TPSA) is 49.0 Å². The summed E-state index contributed by atoms with van der Waals surface area (Å²) >= 11 is 0. The predicted octanol–water partition coefficient (Wildman–Crippen LogP) is 4.91. The van der Waals surface area contributed by atoms with Crippen molar-refractivity contribution in [2.45, 2.75) is 31.2 Å². The lowest BCUT2D eigenvalue weighted by molar-refractivity contribution is 0.0595. The molecule has 3 aromatic carbocycles. The fourth-order valence-corrected chi connectivity index (χ4v) is 5.25. The lowest BCUT2D eigenvalue weighted by Crippen LogP contribution is -2.46. The lowest BCUT2D eigenvalue weighted by atomic mass is 9.87. The Morgan fingerprint density at radius 3 is 2.78 bits per heavy atom. The first-order valence-electron chi connectivity index (χ1n) is 11.2. The Morgan fingerprint density at radius 1 is 1.00 bits per heavy atom. The van der Waals surface area contributed by atoms with Crippen LogP contribution in [-0.4, -0.2) is 33.4 Å². The molecule has 1 aromatic heterocycles. The number of nitrogens with zero attached hydrogens (tertiary/aromatic N) is 2. The van der Waals surface area contributed by atoms with Gasteiger partial charge < -0.3 is 9.88 Å². The van der Waals surface area contributed by atoms with E-state index in [9.17, 15) is 4.79 Å². The number of carbonyl (C=O) groups excluding carboxylic acids is 1. The molecular formula is C28H23N3O. The number of nitrogens with one attached hydrogen (secondary N) is 1. The van der Waals surface area contributed by atoms with E-state index in [-0.39, 0.29) is 11.9 Å². The predicted molar refractivity (Wildman–Crippen MR) is 125 cm³/mol. The summed E-state index contributed by atoms with van der Waals surface area (Å²) in [5, 5.41) is 0. The molecule has 2 atom stereocenters. The summed E-state index contributed by atoms with van der Waals surface area (Å²) in [6.07, 6.45) is 4.74. The molecule has 1 fully saturated rings. The first kappa shape index (κ1) is 18.9. The van der Waals surface area contributed by atoms with Crippen LogP contribution in [-0.2, 0) is 6.42 Å². The number of aromatic nitrogens is 2. The number of rotatable bonds is 1. The number of piperidine rings is 1. The van der Waals surface area contributed by atoms with E-state index < -0.39 is 0 Å². The normalized spacial score (nSPS) is 19.2. The van der Waals surface area contributed by atoms with E-state index in [1.807, 2.05) is 48.5 Å². The van der Waals surface area contributed by atoms with Crippen LogP contribution in [0.1, 0.15) is 51.4 Å². The van der Waals surface area contributed by atoms with Gasteiger partial charge in [-0.1, -0.05) is 36.1 Å². The van der Waals surface area contributed by atoms with Crippen LogP contribution in [0.25, 0.3) is 11.0 Å². The van der Waals surface area contributed by atoms with Crippen LogP contribution in [0.15, 0.2) is 73.1 Å². The highest BCUT2D eigenvalue weighted by Gasteiger charge is 2.41. The van der Waals surface area contributed by atoms with Gasteiger partial charge in [0.1, 0.15) is 0 Å². The fraction of sp³-hybridized carbons (Fsp3) is 0.214. The molecule has 4 nitrogen and oxygen atoms in total. The third-order valence-corrected chi connectivity index (χ3v) is 6.81. The van der Waals surface area contributed by atoms with Gasteiger partial charge in [0.15, 0.2) is 0 Å². The smallest absolute Gasteiger partial charge is 0.254 e. The van der Waals surface area contributed by atoms with Crippen LogP contribution in [0.5, 0.6) is 0 Å². The van der Waals surface area contributed by atoms with Crippen LogP contribution >= 0.6 is 0 Å². The van der Waals surface area contributed by atoms with Gasteiger partial charge in [-0.25, -0.2) is 4.98 Å². The highest BCUT2D eigenvalue weighted by Crippen LogP contribution is 2.43. The van der Waals surface area contributed by atoms with Gasteiger partial charge in [-0.15, -0.1) is 0 Å². The summed E-state index contributed by atoms with van der Waals surface area (Å²) in [7, 11) is 0. The molecule has 1 N–H and O–H groups in total. The Bertz CT molecular complexity index is 1380. The summed E-state index contributed by atoms with van der Waals surface area (Å²) in [5.74, 6) is 7.09. The largest absolute Gasteiger partial charge is 0.345 e. The van der Waals surface area contributed by atoms with Crippen LogP contribution < -0.4 is 0 Å². The molecule has 1 unspecified atom stereocenters. The third-order valence-electron chi connectivity index (χ3n) is 6.81. The van der Waals surface area contributed by atoms with E-state index in [0.29, 0.717) is 5.92 Å². The van der Waals surface area contributed by atoms with E-state index in [4.69, 9.17) is 0 Å². The first-order chi connectivity index (χ1) is 15.8. The van der Waals surface area contributed by atoms with Crippen molar-refractivity contribution in [2.75, 3.05) is 6.54 Å². The second kappa shape index (κ2) is 7.69. The molecule has 32 heavy (non-hydrogen) atoms. The molecule has 1 aliphatic carbocycles. The Morgan fingerprint density at radius 2 is 1.88 bits per heavy atom. The minimum Gasteiger partial charge on any atom is -0.345 e. The summed E-state index contributed by atoms with van der Waals surface area (Å²) in [4.78, 5) is 22.9. The van der Waals surface area contributed by atoms with Crippen LogP contribution in [0.4, 0.5) is 0 Å². The standard InChI is InChI=1S/C28H23N3O/c32-28(22-12-13-25-26(16-22)30-18-29-25)31-14-4-7-23-24-15-20(10-11-21(24)17-27(23)31)9-8-19-5-2-1-3-6-19/h1-3,5-6,10-13,15-16,18,23,27H,4,7,14,17H2,(H,29,30)/t23-,27?/m1/s1. The molecule has 4 aromatic rings. The molecule has 1 saturated heterocycles. The zero-order valence-corrected chi connectivity index (χ0v) is 17.7. The molecule has 2 heterocycles. The number of likely N-dealkylation sites (tertiary alicyclic amines) is 1. The fourth-order valence-electron chi connectivity index (χ4n) is 5.25. The Labute approximate surface area is 187 Å². The number of hydrogen-bond donors (Lipinski definition) is 1. The second-order valence-corrected chi connectivity index (χ2v) is 8.68. The van der Waals surface area contributed by atoms with Gasteiger partial charge in [-0.3, -0.25) is 4.79 Å². The van der Waals surface area contributed by atoms with Gasteiger partial charge in [-0.2, -0.15) is 0 Å². The van der Waals surface area contributed by atoms with Gasteiger partial charge in [0, 0.05) is 35.2 Å². The van der Waals surface area contributed by atoms with Gasteiger partial charge in [0.05, 0.1) is 17.4 Å². The molecule has 156 valence electrons. The number of imidazole rings is 1. The lowest BCUT2D eigenvalue weighted by Gasteiger charge is -2.38. The van der Waals surface area contributed by atoms with Crippen molar-refractivity contribution in [3.8, 4) is 11.8 Å². The zero-order chi connectivity index (χ0) is 21.5. The van der Waals surface area contributed by atoms with Gasteiger partial charge in [0.25, 0.3) is 5.91 Å². The number of H-pyrrole nitrogens is 1. The highest BCUT2D eigenvalue weighted by molar-refractivity contribution is 5.97. The average Bonchev–Trinajstić information content (AvgIpc) is 3.46. The van der Waals surface area contributed by atoms with Crippen molar-refractivity contribution in [2.24, 2.45) is 0 Å². The number of aromatic amines is 1. The maximum Gasteiger partial charge on any atom is 0.254 e. The van der Waals surface area contributed by atoms with E-state index in [2.05, 4.69) is 44.9 Å². The Balaban J connectivity index is 1.28. The monoisotopic (exact) mass is 417 g/mol. The summed E-state index contributed by atoms with van der Waals surface area (Å²) in [6, 6.07) is 22.6. The number of hydrogen-bond acceptors (Lipinski definition) is 2. The summed E-state index contributed by atoms with van der Waals surface area (Å²) < 4.78 is 0. The van der Waals surface area contributed by atoms with Crippen LogP contribution in [0.2, 0.25) is 0 Å². The van der Waals surface area contributed by atoms with Crippen LogP contribution in [0, 0.1) is 11.8 Å². The average molecular weight is 418 g/mol. The maximum atomic E-state index is 13.5. The number of fused-ring (bicyclic) bond motifs is 4. The maximum absolute atomic E-state index is 13.5. The molecule has 4 heteroatoms. The molecule has 0 spiro atoms. The molecule has 1 aliphatic heterocycles. The SMILES string of the molecule is O=C(c1ccc2nc[nH]c2c1)N1CCC[C@@H]2c3cc(C#Cc4ccccc4)ccc3CC21. The molecule has 1 amide bonds. The number of amides is 1. The van der Waals surface area contributed by atoms with Crippen molar-refractivity contribution in [1.29, 1.82) is 0 Å². The molecule has 0 saturated carbocycles. The van der Waals surface area contributed by atoms with Crippen molar-refractivity contribution >= 4 is 16.9 Å². The summed E-state index contributed by atoms with van der Waals surface area (Å²) in [5.41, 5.74) is 7.31. The third kappa shape index (κ3) is 3.27.